The summed E-state index contributed by atoms with van der Waals surface area (Å²) in [5.74, 6) is 1.25. The molecule has 1 aromatic carbocycles. The number of carbonyl (C=O) groups excluding carboxylic acids is 1. The maximum absolute atomic E-state index is 11.8. The number of hydrogen-bond donors (Lipinski definition) is 2. The monoisotopic (exact) mass is 301 g/mol. The van der Waals surface area contributed by atoms with Crippen molar-refractivity contribution in [3.8, 4) is 0 Å². The van der Waals surface area contributed by atoms with Gasteiger partial charge in [0.1, 0.15) is 0 Å². The molecule has 120 valence electrons. The van der Waals surface area contributed by atoms with Gasteiger partial charge in [-0.2, -0.15) is 0 Å². The molecule has 4 nitrogen and oxygen atoms in total. The second-order valence-electron chi connectivity index (χ2n) is 6.86. The van der Waals surface area contributed by atoms with Crippen molar-refractivity contribution >= 4 is 6.03 Å². The van der Waals surface area contributed by atoms with Crippen LogP contribution in [0.4, 0.5) is 4.79 Å². The molecule has 1 aliphatic heterocycles. The summed E-state index contributed by atoms with van der Waals surface area (Å²) in [5.41, 5.74) is 1.40. The minimum atomic E-state index is 0.0112. The predicted molar refractivity (Wildman–Crippen MR) is 88.8 cm³/mol. The lowest BCUT2D eigenvalue weighted by Gasteiger charge is -2.16. The van der Waals surface area contributed by atoms with E-state index in [-0.39, 0.29) is 6.03 Å². The van der Waals surface area contributed by atoms with Crippen molar-refractivity contribution in [3.63, 3.8) is 0 Å². The molecule has 0 unspecified atom stereocenters. The van der Waals surface area contributed by atoms with E-state index < -0.39 is 0 Å². The van der Waals surface area contributed by atoms with Gasteiger partial charge >= 0.3 is 6.03 Å². The van der Waals surface area contributed by atoms with Crippen LogP contribution in [0.1, 0.15) is 25.3 Å². The van der Waals surface area contributed by atoms with Gasteiger partial charge < -0.3 is 15.5 Å². The Labute approximate surface area is 133 Å². The Kier molecular flexibility index (Phi) is 4.98. The van der Waals surface area contributed by atoms with Crippen molar-refractivity contribution in [1.29, 1.82) is 0 Å². The first-order chi connectivity index (χ1) is 10.7. The summed E-state index contributed by atoms with van der Waals surface area (Å²) in [6.45, 7) is 6.35. The van der Waals surface area contributed by atoms with Crippen LogP contribution in [0.5, 0.6) is 0 Å². The first kappa shape index (κ1) is 15.3. The van der Waals surface area contributed by atoms with E-state index >= 15 is 0 Å². The zero-order chi connectivity index (χ0) is 15.4. The van der Waals surface area contributed by atoms with E-state index in [4.69, 9.17) is 0 Å². The van der Waals surface area contributed by atoms with Crippen LogP contribution in [0.15, 0.2) is 30.3 Å². The zero-order valence-electron chi connectivity index (χ0n) is 13.4. The minimum absolute atomic E-state index is 0.0112. The second kappa shape index (κ2) is 7.14. The lowest BCUT2D eigenvalue weighted by Crippen LogP contribution is -2.40. The largest absolute Gasteiger partial charge is 0.338 e. The Bertz CT molecular complexity index is 490. The molecule has 2 amide bonds. The highest BCUT2D eigenvalue weighted by Crippen LogP contribution is 2.28. The van der Waals surface area contributed by atoms with Crippen LogP contribution in [0.25, 0.3) is 0 Å². The van der Waals surface area contributed by atoms with E-state index in [1.807, 2.05) is 0 Å². The maximum Gasteiger partial charge on any atom is 0.315 e. The van der Waals surface area contributed by atoms with Crippen LogP contribution in [0, 0.1) is 11.8 Å². The number of nitrogens with one attached hydrogen (secondary N) is 2. The Morgan fingerprint density at radius 3 is 2.82 bits per heavy atom. The third-order valence-corrected chi connectivity index (χ3v) is 4.91. The average molecular weight is 301 g/mol. The van der Waals surface area contributed by atoms with Crippen LogP contribution < -0.4 is 10.6 Å². The second-order valence-corrected chi connectivity index (χ2v) is 6.86. The highest BCUT2D eigenvalue weighted by atomic mass is 16.2. The van der Waals surface area contributed by atoms with E-state index in [2.05, 4.69) is 52.8 Å². The van der Waals surface area contributed by atoms with Crippen LogP contribution in [-0.4, -0.2) is 43.2 Å². The molecule has 22 heavy (non-hydrogen) atoms. The smallest absolute Gasteiger partial charge is 0.315 e. The Morgan fingerprint density at radius 2 is 2.09 bits per heavy atom. The third-order valence-electron chi connectivity index (χ3n) is 4.91. The van der Waals surface area contributed by atoms with E-state index in [0.717, 1.165) is 39.0 Å². The van der Waals surface area contributed by atoms with Gasteiger partial charge in [0, 0.05) is 25.7 Å². The Morgan fingerprint density at radius 1 is 1.32 bits per heavy atom. The molecular weight excluding hydrogens is 274 g/mol. The van der Waals surface area contributed by atoms with Crippen molar-refractivity contribution in [2.75, 3.05) is 26.2 Å². The van der Waals surface area contributed by atoms with Crippen LogP contribution in [-0.2, 0) is 6.42 Å². The number of amides is 2. The molecule has 1 saturated carbocycles. The molecule has 2 aliphatic rings. The normalized spacial score (nSPS) is 27.6. The Balaban J connectivity index is 1.31. The van der Waals surface area contributed by atoms with E-state index in [1.54, 1.807) is 0 Å². The number of carbonyl (C=O) groups is 1. The molecule has 3 rings (SSSR count). The highest BCUT2D eigenvalue weighted by Gasteiger charge is 2.34. The van der Waals surface area contributed by atoms with E-state index in [0.29, 0.717) is 17.9 Å². The molecule has 1 heterocycles. The molecule has 0 spiro atoms. The van der Waals surface area contributed by atoms with Crippen molar-refractivity contribution in [1.82, 2.24) is 15.5 Å². The van der Waals surface area contributed by atoms with E-state index in [1.165, 1.54) is 12.0 Å². The van der Waals surface area contributed by atoms with Gasteiger partial charge in [-0.25, -0.2) is 4.79 Å². The number of benzene rings is 1. The van der Waals surface area contributed by atoms with Crippen molar-refractivity contribution < 1.29 is 4.79 Å². The zero-order valence-corrected chi connectivity index (χ0v) is 13.4. The summed E-state index contributed by atoms with van der Waals surface area (Å²) in [5, 5.41) is 6.06. The molecule has 2 fully saturated rings. The number of nitrogens with zero attached hydrogens (tertiary/aromatic N) is 1. The molecule has 4 heteroatoms. The lowest BCUT2D eigenvalue weighted by atomic mass is 10.1. The average Bonchev–Trinajstić information content (AvgIpc) is 3.03. The fraction of sp³-hybridized carbons (Fsp3) is 0.611. The molecule has 1 aromatic rings. The van der Waals surface area contributed by atoms with Gasteiger partial charge in [0.25, 0.3) is 0 Å². The number of urea groups is 1. The quantitative estimate of drug-likeness (QED) is 0.846. The highest BCUT2D eigenvalue weighted by molar-refractivity contribution is 5.74. The first-order valence-electron chi connectivity index (χ1n) is 8.51. The first-order valence-corrected chi connectivity index (χ1v) is 8.51. The number of likely N-dealkylation sites (tertiary alicyclic amines) is 1. The van der Waals surface area contributed by atoms with Gasteiger partial charge in [-0.3, -0.25) is 0 Å². The summed E-state index contributed by atoms with van der Waals surface area (Å²) >= 11 is 0. The van der Waals surface area contributed by atoms with Crippen LogP contribution >= 0.6 is 0 Å². The van der Waals surface area contributed by atoms with Gasteiger partial charge in [0.2, 0.25) is 0 Å². The number of hydrogen-bond acceptors (Lipinski definition) is 2. The van der Waals surface area contributed by atoms with Crippen LogP contribution in [0.3, 0.4) is 0 Å². The molecule has 1 aliphatic carbocycles. The summed E-state index contributed by atoms with van der Waals surface area (Å²) in [4.78, 5) is 14.3. The Hall–Kier alpha value is -1.55. The third kappa shape index (κ3) is 4.47. The number of rotatable bonds is 6. The minimum Gasteiger partial charge on any atom is -0.338 e. The van der Waals surface area contributed by atoms with Crippen molar-refractivity contribution in [2.24, 2.45) is 11.8 Å². The SMILES string of the molecule is C[C@@H]1C[C@@H]1NC(=O)NC[C@@H]1CCN(CCc2ccccc2)C1. The van der Waals surface area contributed by atoms with Gasteiger partial charge in [-0.15, -0.1) is 0 Å². The molecule has 2 N–H and O–H groups in total. The fourth-order valence-electron chi connectivity index (χ4n) is 3.19. The maximum atomic E-state index is 11.8. The van der Waals surface area contributed by atoms with Crippen molar-refractivity contribution in [3.05, 3.63) is 35.9 Å². The molecule has 1 saturated heterocycles. The fourth-order valence-corrected chi connectivity index (χ4v) is 3.19. The lowest BCUT2D eigenvalue weighted by molar-refractivity contribution is 0.237. The predicted octanol–water partition coefficient (Wildman–Crippen LogP) is 2.26. The van der Waals surface area contributed by atoms with Gasteiger partial charge in [0.05, 0.1) is 0 Å². The summed E-state index contributed by atoms with van der Waals surface area (Å²) in [6, 6.07) is 11.1. The molecular formula is C18H27N3O. The summed E-state index contributed by atoms with van der Waals surface area (Å²) < 4.78 is 0. The molecule has 3 atom stereocenters. The van der Waals surface area contributed by atoms with Gasteiger partial charge in [-0.05, 0) is 43.2 Å². The topological polar surface area (TPSA) is 44.4 Å². The van der Waals surface area contributed by atoms with Gasteiger partial charge in [-0.1, -0.05) is 37.3 Å². The van der Waals surface area contributed by atoms with Crippen LogP contribution in [0.2, 0.25) is 0 Å². The molecule has 0 radical (unpaired) electrons. The molecule has 0 bridgehead atoms. The standard InChI is InChI=1S/C18H27N3O/c1-14-11-17(14)20-18(22)19-12-16-8-10-21(13-16)9-7-15-5-3-2-4-6-15/h2-6,14,16-17H,7-13H2,1H3,(H2,19,20,22)/t14-,16+,17+/m1/s1. The van der Waals surface area contributed by atoms with E-state index in [9.17, 15) is 4.79 Å². The molecule has 0 aromatic heterocycles. The van der Waals surface area contributed by atoms with Gasteiger partial charge in [0.15, 0.2) is 0 Å². The van der Waals surface area contributed by atoms with Crippen molar-refractivity contribution in [2.45, 2.75) is 32.2 Å². The summed E-state index contributed by atoms with van der Waals surface area (Å²) in [7, 11) is 0. The summed E-state index contributed by atoms with van der Waals surface area (Å²) in [6.07, 6.45) is 3.43.